The van der Waals surface area contributed by atoms with E-state index >= 15 is 0 Å². The van der Waals surface area contributed by atoms with Crippen molar-refractivity contribution in [2.24, 2.45) is 0 Å². The zero-order valence-corrected chi connectivity index (χ0v) is 10.1. The highest BCUT2D eigenvalue weighted by molar-refractivity contribution is 5.72. The molecular formula is C13H11F4NO. The van der Waals surface area contributed by atoms with Crippen LogP contribution in [0.15, 0.2) is 18.2 Å². The lowest BCUT2D eigenvalue weighted by Gasteiger charge is -2.07. The van der Waals surface area contributed by atoms with Crippen molar-refractivity contribution in [3.05, 3.63) is 35.1 Å². The molecule has 1 N–H and O–H groups in total. The summed E-state index contributed by atoms with van der Waals surface area (Å²) in [6, 6.07) is 2.51. The van der Waals surface area contributed by atoms with Crippen molar-refractivity contribution in [1.29, 1.82) is 0 Å². The molecule has 0 aliphatic rings. The maximum Gasteiger partial charge on any atom is 0.419 e. The molecule has 0 saturated carbocycles. The molecule has 0 spiro atoms. The van der Waals surface area contributed by atoms with E-state index in [9.17, 15) is 22.4 Å². The van der Waals surface area contributed by atoms with E-state index in [-0.39, 0.29) is 11.5 Å². The van der Waals surface area contributed by atoms with Gasteiger partial charge >= 0.3 is 6.18 Å². The lowest BCUT2D eigenvalue weighted by molar-refractivity contribution is -0.140. The van der Waals surface area contributed by atoms with E-state index in [2.05, 4.69) is 17.2 Å². The number of hydrogen-bond donors (Lipinski definition) is 1. The van der Waals surface area contributed by atoms with E-state index < -0.39 is 17.6 Å². The van der Waals surface area contributed by atoms with Gasteiger partial charge in [-0.1, -0.05) is 11.8 Å². The van der Waals surface area contributed by atoms with Crippen LogP contribution >= 0.6 is 0 Å². The Morgan fingerprint density at radius 3 is 2.58 bits per heavy atom. The SMILES string of the molecule is CC(=O)NCCC#Cc1ccc(C(F)(F)F)c(F)c1. The maximum atomic E-state index is 13.2. The summed E-state index contributed by atoms with van der Waals surface area (Å²) in [4.78, 5) is 10.5. The fraction of sp³-hybridized carbons (Fsp3) is 0.308. The van der Waals surface area contributed by atoms with Crippen molar-refractivity contribution >= 4 is 5.91 Å². The van der Waals surface area contributed by atoms with Gasteiger partial charge in [0.25, 0.3) is 0 Å². The number of carbonyl (C=O) groups excluding carboxylic acids is 1. The van der Waals surface area contributed by atoms with Crippen LogP contribution in [0.2, 0.25) is 0 Å². The van der Waals surface area contributed by atoms with Crippen LogP contribution in [0.25, 0.3) is 0 Å². The van der Waals surface area contributed by atoms with E-state index in [0.29, 0.717) is 19.0 Å². The predicted molar refractivity (Wildman–Crippen MR) is 61.6 cm³/mol. The molecule has 1 rings (SSSR count). The van der Waals surface area contributed by atoms with Gasteiger partial charge in [0.15, 0.2) is 0 Å². The van der Waals surface area contributed by atoms with Gasteiger partial charge in [0.2, 0.25) is 5.91 Å². The van der Waals surface area contributed by atoms with Gasteiger partial charge in [-0.3, -0.25) is 4.79 Å². The molecule has 2 nitrogen and oxygen atoms in total. The Morgan fingerprint density at radius 2 is 2.05 bits per heavy atom. The number of carbonyl (C=O) groups is 1. The highest BCUT2D eigenvalue weighted by Gasteiger charge is 2.33. The van der Waals surface area contributed by atoms with Gasteiger partial charge in [-0.2, -0.15) is 13.2 Å². The Kier molecular flexibility index (Phi) is 4.93. The molecule has 1 aromatic carbocycles. The molecule has 0 saturated heterocycles. The van der Waals surface area contributed by atoms with Gasteiger partial charge in [-0.25, -0.2) is 4.39 Å². The molecule has 0 radical (unpaired) electrons. The Morgan fingerprint density at radius 1 is 1.37 bits per heavy atom. The van der Waals surface area contributed by atoms with Crippen molar-refractivity contribution < 1.29 is 22.4 Å². The predicted octanol–water partition coefficient (Wildman–Crippen LogP) is 2.72. The molecule has 0 aromatic heterocycles. The van der Waals surface area contributed by atoms with Crippen molar-refractivity contribution in [3.8, 4) is 11.8 Å². The number of hydrogen-bond acceptors (Lipinski definition) is 1. The van der Waals surface area contributed by atoms with Crippen molar-refractivity contribution in [1.82, 2.24) is 5.32 Å². The minimum atomic E-state index is -4.71. The van der Waals surface area contributed by atoms with E-state index in [1.54, 1.807) is 0 Å². The smallest absolute Gasteiger partial charge is 0.355 e. The first-order chi connectivity index (χ1) is 8.80. The molecule has 0 fully saturated rings. The van der Waals surface area contributed by atoms with Crippen LogP contribution in [0.1, 0.15) is 24.5 Å². The van der Waals surface area contributed by atoms with E-state index in [4.69, 9.17) is 0 Å². The van der Waals surface area contributed by atoms with E-state index in [1.165, 1.54) is 6.92 Å². The Labute approximate surface area is 107 Å². The first-order valence-corrected chi connectivity index (χ1v) is 5.41. The fourth-order valence-corrected chi connectivity index (χ4v) is 1.29. The van der Waals surface area contributed by atoms with Gasteiger partial charge in [-0.05, 0) is 18.2 Å². The van der Waals surface area contributed by atoms with Gasteiger partial charge in [0.1, 0.15) is 5.82 Å². The van der Waals surface area contributed by atoms with Crippen LogP contribution in [-0.2, 0) is 11.0 Å². The molecule has 6 heteroatoms. The average molecular weight is 273 g/mol. The number of nitrogens with one attached hydrogen (secondary N) is 1. The number of halogens is 4. The second-order valence-electron chi connectivity index (χ2n) is 3.73. The maximum absolute atomic E-state index is 13.2. The number of rotatable bonds is 2. The number of benzene rings is 1. The highest BCUT2D eigenvalue weighted by Crippen LogP contribution is 2.31. The molecule has 1 amide bonds. The summed E-state index contributed by atoms with van der Waals surface area (Å²) in [5, 5.41) is 2.51. The van der Waals surface area contributed by atoms with Crippen LogP contribution in [0.5, 0.6) is 0 Å². The normalized spacial score (nSPS) is 10.6. The van der Waals surface area contributed by atoms with Crippen molar-refractivity contribution in [2.75, 3.05) is 6.54 Å². The van der Waals surface area contributed by atoms with Gasteiger partial charge in [0.05, 0.1) is 5.56 Å². The van der Waals surface area contributed by atoms with Crippen molar-refractivity contribution in [3.63, 3.8) is 0 Å². The second kappa shape index (κ2) is 6.23. The molecule has 0 atom stereocenters. The summed E-state index contributed by atoms with van der Waals surface area (Å²) in [5.41, 5.74) is -1.15. The molecule has 0 unspecified atom stereocenters. The van der Waals surface area contributed by atoms with E-state index in [0.717, 1.165) is 12.1 Å². The lowest BCUT2D eigenvalue weighted by atomic mass is 10.1. The molecule has 0 aliphatic carbocycles. The molecule has 19 heavy (non-hydrogen) atoms. The summed E-state index contributed by atoms with van der Waals surface area (Å²) < 4.78 is 50.1. The highest BCUT2D eigenvalue weighted by atomic mass is 19.4. The quantitative estimate of drug-likeness (QED) is 0.501. The monoisotopic (exact) mass is 273 g/mol. The van der Waals surface area contributed by atoms with Gasteiger partial charge < -0.3 is 5.32 Å². The molecule has 1 aromatic rings. The third kappa shape index (κ3) is 5.00. The van der Waals surface area contributed by atoms with E-state index in [1.807, 2.05) is 0 Å². The third-order valence-electron chi connectivity index (χ3n) is 2.13. The first kappa shape index (κ1) is 15.0. The summed E-state index contributed by atoms with van der Waals surface area (Å²) in [7, 11) is 0. The fourth-order valence-electron chi connectivity index (χ4n) is 1.29. The Hall–Kier alpha value is -2.03. The number of alkyl halides is 3. The zero-order chi connectivity index (χ0) is 14.5. The zero-order valence-electron chi connectivity index (χ0n) is 10.1. The number of amides is 1. The van der Waals surface area contributed by atoms with Crippen molar-refractivity contribution in [2.45, 2.75) is 19.5 Å². The van der Waals surface area contributed by atoms with Crippen LogP contribution < -0.4 is 5.32 Å². The average Bonchev–Trinajstić information content (AvgIpc) is 2.26. The summed E-state index contributed by atoms with van der Waals surface area (Å²) in [6.07, 6.45) is -4.37. The van der Waals surface area contributed by atoms with Crippen LogP contribution in [0, 0.1) is 17.7 Å². The summed E-state index contributed by atoms with van der Waals surface area (Å²) >= 11 is 0. The topological polar surface area (TPSA) is 29.1 Å². The summed E-state index contributed by atoms with van der Waals surface area (Å²) in [5.74, 6) is 3.62. The van der Waals surface area contributed by atoms with Gasteiger partial charge in [-0.15, -0.1) is 0 Å². The minimum Gasteiger partial charge on any atom is -0.355 e. The van der Waals surface area contributed by atoms with Gasteiger partial charge in [0, 0.05) is 25.5 Å². The third-order valence-corrected chi connectivity index (χ3v) is 2.13. The van der Waals surface area contributed by atoms with Crippen LogP contribution in [0.4, 0.5) is 17.6 Å². The summed E-state index contributed by atoms with van der Waals surface area (Å²) in [6.45, 7) is 1.70. The molecule has 0 bridgehead atoms. The largest absolute Gasteiger partial charge is 0.419 e. The standard InChI is InChI=1S/C13H11F4NO/c1-9(19)18-7-3-2-4-10-5-6-11(12(14)8-10)13(15,16)17/h5-6,8H,3,7H2,1H3,(H,18,19). The molecular weight excluding hydrogens is 262 g/mol. The molecule has 0 aliphatic heterocycles. The first-order valence-electron chi connectivity index (χ1n) is 5.41. The molecule has 102 valence electrons. The lowest BCUT2D eigenvalue weighted by Crippen LogP contribution is -2.20. The van der Waals surface area contributed by atoms with Crippen LogP contribution in [0.3, 0.4) is 0 Å². The second-order valence-corrected chi connectivity index (χ2v) is 3.73. The minimum absolute atomic E-state index is 0.160. The molecule has 0 heterocycles. The van der Waals surface area contributed by atoms with Crippen LogP contribution in [-0.4, -0.2) is 12.5 Å². The Bertz CT molecular complexity index is 526. The Balaban J connectivity index is 2.69.